The molecule has 6 heteroatoms. The molecule has 1 aromatic carbocycles. The average molecular weight is 345 g/mol. The molecule has 0 aromatic heterocycles. The van der Waals surface area contributed by atoms with Gasteiger partial charge in [-0.05, 0) is 37.0 Å². The molecule has 0 bridgehead atoms. The summed E-state index contributed by atoms with van der Waals surface area (Å²) in [6.07, 6.45) is 1.02. The van der Waals surface area contributed by atoms with E-state index >= 15 is 0 Å². The van der Waals surface area contributed by atoms with E-state index in [2.05, 4.69) is 19.2 Å². The number of methoxy groups -OCH3 is 2. The topological polar surface area (TPSA) is 73.6 Å². The zero-order valence-corrected chi connectivity index (χ0v) is 15.5. The van der Waals surface area contributed by atoms with Crippen LogP contribution in [0.2, 0.25) is 0 Å². The number of nitrogens with two attached hydrogens (primary N) is 1. The summed E-state index contributed by atoms with van der Waals surface area (Å²) in [5.41, 5.74) is 6.42. The van der Waals surface area contributed by atoms with Crippen LogP contribution in [-0.4, -0.2) is 32.2 Å². The molecule has 0 spiro atoms. The Bertz CT molecular complexity index is 486. The highest BCUT2D eigenvalue weighted by atomic mass is 35.5. The minimum absolute atomic E-state index is 0. The van der Waals surface area contributed by atoms with Crippen LogP contribution in [0.3, 0.4) is 0 Å². The minimum Gasteiger partial charge on any atom is -0.497 e. The third-order valence-corrected chi connectivity index (χ3v) is 4.18. The Morgan fingerprint density at radius 3 is 2.13 bits per heavy atom. The second kappa shape index (κ2) is 9.63. The molecule has 0 fully saturated rings. The van der Waals surface area contributed by atoms with Crippen LogP contribution < -0.4 is 20.5 Å². The van der Waals surface area contributed by atoms with E-state index in [0.717, 1.165) is 17.1 Å². The molecular formula is C17H29ClN2O3. The molecule has 0 saturated carbocycles. The van der Waals surface area contributed by atoms with Gasteiger partial charge >= 0.3 is 0 Å². The third kappa shape index (κ3) is 6.28. The van der Waals surface area contributed by atoms with Crippen molar-refractivity contribution in [2.24, 2.45) is 11.7 Å². The second-order valence-corrected chi connectivity index (χ2v) is 6.05. The van der Waals surface area contributed by atoms with Gasteiger partial charge in [0.1, 0.15) is 11.5 Å². The van der Waals surface area contributed by atoms with Gasteiger partial charge in [0.2, 0.25) is 5.91 Å². The number of benzene rings is 1. The van der Waals surface area contributed by atoms with E-state index in [9.17, 15) is 4.79 Å². The summed E-state index contributed by atoms with van der Waals surface area (Å²) in [6, 6.07) is 5.65. The van der Waals surface area contributed by atoms with E-state index in [4.69, 9.17) is 15.2 Å². The fraction of sp³-hybridized carbons (Fsp3) is 0.588. The first-order valence-corrected chi connectivity index (χ1v) is 7.57. The summed E-state index contributed by atoms with van der Waals surface area (Å²) in [4.78, 5) is 12.2. The number of hydrogen-bond acceptors (Lipinski definition) is 4. The zero-order valence-electron chi connectivity index (χ0n) is 14.6. The van der Waals surface area contributed by atoms with E-state index in [1.807, 2.05) is 25.1 Å². The molecule has 5 nitrogen and oxygen atoms in total. The number of nitrogens with one attached hydrogen (secondary N) is 1. The van der Waals surface area contributed by atoms with E-state index in [0.29, 0.717) is 19.4 Å². The van der Waals surface area contributed by atoms with Gasteiger partial charge in [-0.25, -0.2) is 0 Å². The molecule has 1 rings (SSSR count). The van der Waals surface area contributed by atoms with E-state index < -0.39 is 0 Å². The van der Waals surface area contributed by atoms with Crippen LogP contribution in [0, 0.1) is 5.92 Å². The quantitative estimate of drug-likeness (QED) is 0.760. The smallest absolute Gasteiger partial charge is 0.220 e. The second-order valence-electron chi connectivity index (χ2n) is 6.05. The van der Waals surface area contributed by atoms with Crippen molar-refractivity contribution in [3.8, 4) is 11.5 Å². The lowest BCUT2D eigenvalue weighted by molar-refractivity contribution is -0.123. The lowest BCUT2D eigenvalue weighted by atomic mass is 9.88. The number of ether oxygens (including phenoxy) is 2. The van der Waals surface area contributed by atoms with Crippen LogP contribution in [0.25, 0.3) is 0 Å². The van der Waals surface area contributed by atoms with Gasteiger partial charge in [0.25, 0.3) is 0 Å². The van der Waals surface area contributed by atoms with Gasteiger partial charge < -0.3 is 20.5 Å². The van der Waals surface area contributed by atoms with Gasteiger partial charge in [0.05, 0.1) is 19.8 Å². The monoisotopic (exact) mass is 344 g/mol. The van der Waals surface area contributed by atoms with Crippen molar-refractivity contribution in [2.75, 3.05) is 20.8 Å². The van der Waals surface area contributed by atoms with Crippen LogP contribution in [0.15, 0.2) is 18.2 Å². The standard InChI is InChI=1S/C17H28N2O3.ClH/c1-12(2)17(3,11-18)19-16(20)7-6-13-8-14(21-4)10-15(9-13)22-5;/h8-10,12H,6-7,11,18H2,1-5H3,(H,19,20);1H. The summed E-state index contributed by atoms with van der Waals surface area (Å²) >= 11 is 0. The number of amides is 1. The molecule has 1 amide bonds. The molecule has 0 aliphatic heterocycles. The van der Waals surface area contributed by atoms with Crippen molar-refractivity contribution in [1.29, 1.82) is 0 Å². The van der Waals surface area contributed by atoms with Gasteiger partial charge in [-0.2, -0.15) is 0 Å². The Morgan fingerprint density at radius 1 is 1.22 bits per heavy atom. The lowest BCUT2D eigenvalue weighted by Gasteiger charge is -2.33. The largest absolute Gasteiger partial charge is 0.497 e. The van der Waals surface area contributed by atoms with Gasteiger partial charge in [0.15, 0.2) is 0 Å². The maximum absolute atomic E-state index is 12.2. The minimum atomic E-state index is -0.372. The zero-order chi connectivity index (χ0) is 16.8. The number of carbonyl (C=O) groups excluding carboxylic acids is 1. The molecule has 132 valence electrons. The van der Waals surface area contributed by atoms with Crippen LogP contribution in [-0.2, 0) is 11.2 Å². The Hall–Kier alpha value is -1.46. The van der Waals surface area contributed by atoms with Gasteiger partial charge in [-0.1, -0.05) is 13.8 Å². The lowest BCUT2D eigenvalue weighted by Crippen LogP contribution is -2.55. The van der Waals surface area contributed by atoms with Gasteiger partial charge in [0, 0.05) is 19.0 Å². The Morgan fingerprint density at radius 2 is 1.74 bits per heavy atom. The Kier molecular flexibility index (Phi) is 9.02. The van der Waals surface area contributed by atoms with Crippen molar-refractivity contribution in [3.05, 3.63) is 23.8 Å². The highest BCUT2D eigenvalue weighted by Crippen LogP contribution is 2.23. The molecule has 1 atom stereocenters. The predicted octanol–water partition coefficient (Wildman–Crippen LogP) is 2.55. The Labute approximate surface area is 145 Å². The summed E-state index contributed by atoms with van der Waals surface area (Å²) < 4.78 is 10.5. The van der Waals surface area contributed by atoms with Crippen molar-refractivity contribution in [1.82, 2.24) is 5.32 Å². The number of halogens is 1. The fourth-order valence-electron chi connectivity index (χ4n) is 2.08. The molecule has 0 radical (unpaired) electrons. The van der Waals surface area contributed by atoms with Gasteiger partial charge in [-0.15, -0.1) is 12.4 Å². The molecule has 1 aromatic rings. The van der Waals surface area contributed by atoms with Crippen molar-refractivity contribution in [3.63, 3.8) is 0 Å². The maximum Gasteiger partial charge on any atom is 0.220 e. The highest BCUT2D eigenvalue weighted by molar-refractivity contribution is 5.85. The fourth-order valence-corrected chi connectivity index (χ4v) is 2.08. The molecule has 3 N–H and O–H groups in total. The number of aryl methyl sites for hydroxylation is 1. The first-order valence-electron chi connectivity index (χ1n) is 7.57. The van der Waals surface area contributed by atoms with E-state index in [1.165, 1.54) is 0 Å². The van der Waals surface area contributed by atoms with E-state index in [-0.39, 0.29) is 29.8 Å². The van der Waals surface area contributed by atoms with Gasteiger partial charge in [-0.3, -0.25) is 4.79 Å². The van der Waals surface area contributed by atoms with Crippen LogP contribution in [0.1, 0.15) is 32.8 Å². The van der Waals surface area contributed by atoms with E-state index in [1.54, 1.807) is 14.2 Å². The molecule has 1 unspecified atom stereocenters. The molecule has 0 saturated heterocycles. The van der Waals surface area contributed by atoms with Crippen molar-refractivity contribution < 1.29 is 14.3 Å². The predicted molar refractivity (Wildman–Crippen MR) is 95.6 cm³/mol. The van der Waals surface area contributed by atoms with Crippen molar-refractivity contribution in [2.45, 2.75) is 39.2 Å². The van der Waals surface area contributed by atoms with Crippen LogP contribution in [0.5, 0.6) is 11.5 Å². The number of rotatable bonds is 8. The van der Waals surface area contributed by atoms with Crippen LogP contribution in [0.4, 0.5) is 0 Å². The summed E-state index contributed by atoms with van der Waals surface area (Å²) in [5, 5.41) is 3.04. The number of hydrogen-bond donors (Lipinski definition) is 2. The SMILES string of the molecule is COc1cc(CCC(=O)NC(C)(CN)C(C)C)cc(OC)c1.Cl. The first-order chi connectivity index (χ1) is 10.3. The average Bonchev–Trinajstić information content (AvgIpc) is 2.52. The first kappa shape index (κ1) is 21.5. The number of carbonyl (C=O) groups is 1. The molecule has 23 heavy (non-hydrogen) atoms. The highest BCUT2D eigenvalue weighted by Gasteiger charge is 2.28. The maximum atomic E-state index is 12.2. The Balaban J connectivity index is 0.00000484. The molecule has 0 heterocycles. The summed E-state index contributed by atoms with van der Waals surface area (Å²) in [5.74, 6) is 1.73. The molecular weight excluding hydrogens is 316 g/mol. The van der Waals surface area contributed by atoms with Crippen molar-refractivity contribution >= 4 is 18.3 Å². The summed E-state index contributed by atoms with van der Waals surface area (Å²) in [7, 11) is 3.22. The molecule has 0 aliphatic rings. The van der Waals surface area contributed by atoms with Crippen LogP contribution >= 0.6 is 12.4 Å². The normalized spacial score (nSPS) is 13.0. The molecule has 0 aliphatic carbocycles. The third-order valence-electron chi connectivity index (χ3n) is 4.18. The summed E-state index contributed by atoms with van der Waals surface area (Å²) in [6.45, 7) is 6.51.